The Kier molecular flexibility index (Phi) is 17.4. The number of cyclic esters (lactones) is 1. The number of benzene rings is 5. The quantitative estimate of drug-likeness (QED) is 0.0610. The summed E-state index contributed by atoms with van der Waals surface area (Å²) < 4.78 is 37.5. The van der Waals surface area contributed by atoms with Crippen LogP contribution in [0, 0.1) is 17.8 Å². The number of aliphatic hydroxyl groups is 5. The fraction of sp³-hybridized carbons (Fsp3) is 0.638. The van der Waals surface area contributed by atoms with E-state index in [2.05, 4.69) is 72.8 Å². The number of nitrogens with zero attached hydrogens (tertiary/aromatic N) is 2. The molecule has 8 rings (SSSR count). The Bertz CT molecular complexity index is 2570. The Labute approximate surface area is 426 Å². The topological polar surface area (TPSA) is 180 Å². The number of likely N-dealkylation sites (N-methyl/N-ethyl adjacent to an activating group) is 2. The summed E-state index contributed by atoms with van der Waals surface area (Å²) >= 11 is 0. The molecule has 398 valence electrons. The fourth-order valence-corrected chi connectivity index (χ4v) is 12.2. The molecule has 0 aromatic heterocycles. The summed E-state index contributed by atoms with van der Waals surface area (Å²) in [5.41, 5.74) is -4.37. The molecule has 3 saturated heterocycles. The van der Waals surface area contributed by atoms with Crippen molar-refractivity contribution >= 4 is 49.1 Å². The van der Waals surface area contributed by atoms with E-state index in [0.29, 0.717) is 13.0 Å². The number of aliphatic hydroxyl groups excluding tert-OH is 3. The average molecular weight is 1000 g/mol. The molecule has 0 unspecified atom stereocenters. The average Bonchev–Trinajstić information content (AvgIpc) is 3.34. The molecule has 72 heavy (non-hydrogen) atoms. The van der Waals surface area contributed by atoms with Gasteiger partial charge in [-0.1, -0.05) is 87.5 Å². The summed E-state index contributed by atoms with van der Waals surface area (Å²) in [6, 6.07) is 25.7. The van der Waals surface area contributed by atoms with Gasteiger partial charge in [0.1, 0.15) is 30.0 Å². The lowest BCUT2D eigenvalue weighted by Gasteiger charge is -2.48. The van der Waals surface area contributed by atoms with Crippen molar-refractivity contribution in [3.63, 3.8) is 0 Å². The van der Waals surface area contributed by atoms with E-state index in [1.54, 1.807) is 41.5 Å². The van der Waals surface area contributed by atoms with Crippen LogP contribution in [0.2, 0.25) is 0 Å². The number of carbonyl (C=O) groups is 1. The van der Waals surface area contributed by atoms with E-state index >= 15 is 0 Å². The zero-order valence-corrected chi connectivity index (χ0v) is 45.1. The number of carbonyl (C=O) groups excluding carboxylic acids is 1. The zero-order valence-electron chi connectivity index (χ0n) is 45.1. The normalized spacial score (nSPS) is 39.2. The van der Waals surface area contributed by atoms with Gasteiger partial charge >= 0.3 is 5.97 Å². The van der Waals surface area contributed by atoms with Gasteiger partial charge in [-0.25, -0.2) is 0 Å². The van der Waals surface area contributed by atoms with Crippen LogP contribution in [0.4, 0.5) is 0 Å². The van der Waals surface area contributed by atoms with Gasteiger partial charge in [0.25, 0.3) is 0 Å². The van der Waals surface area contributed by atoms with E-state index in [9.17, 15) is 30.3 Å². The molecule has 0 spiro atoms. The monoisotopic (exact) mass is 1000 g/mol. The second kappa shape index (κ2) is 22.3. The van der Waals surface area contributed by atoms with Crippen molar-refractivity contribution in [1.29, 1.82) is 0 Å². The Morgan fingerprint density at radius 1 is 0.778 bits per heavy atom. The van der Waals surface area contributed by atoms with Crippen molar-refractivity contribution in [2.24, 2.45) is 17.8 Å². The SMILES string of the molecule is CC[C@H]1OC(=O)[C@H](C)[C@@H](O[C@H]2C[C@@](C)(OC)[C@@H](O)[C@H](C)O2)[C@H](C)[C@@H](O[C@@H]2O[C@H](C)C[C@H](N(C)C)[C@H]2O)[C@](C)(O)C[C@@H](C)CN(C)[C@H](C)[C@@H](O)[C@]1(C)O.c1ccc2c(c1)cc1ccc3cccc4ccc2c1c34. The van der Waals surface area contributed by atoms with Crippen molar-refractivity contribution in [2.75, 3.05) is 34.8 Å². The van der Waals surface area contributed by atoms with Crippen LogP contribution in [-0.4, -0.2) is 166 Å². The van der Waals surface area contributed by atoms with Crippen LogP contribution in [0.15, 0.2) is 72.8 Å². The summed E-state index contributed by atoms with van der Waals surface area (Å²) in [4.78, 5) is 18.0. The Morgan fingerprint density at radius 2 is 1.42 bits per heavy atom. The molecule has 5 aromatic rings. The number of fused-ring (bicyclic) bond motifs is 2. The highest BCUT2D eigenvalue weighted by molar-refractivity contribution is 6.28. The van der Waals surface area contributed by atoms with Crippen LogP contribution in [0.25, 0.3) is 43.1 Å². The van der Waals surface area contributed by atoms with Crippen molar-refractivity contribution < 1.29 is 58.7 Å². The first kappa shape index (κ1) is 56.1. The minimum atomic E-state index is -1.80. The van der Waals surface area contributed by atoms with Gasteiger partial charge in [0.05, 0.1) is 41.5 Å². The van der Waals surface area contributed by atoms with Crippen LogP contribution >= 0.6 is 0 Å². The molecule has 3 heterocycles. The summed E-state index contributed by atoms with van der Waals surface area (Å²) in [6.45, 7) is 18.0. The second-order valence-corrected chi connectivity index (χ2v) is 22.6. The maximum Gasteiger partial charge on any atom is 0.311 e. The molecule has 5 aromatic carbocycles. The van der Waals surface area contributed by atoms with Crippen molar-refractivity contribution in [2.45, 2.75) is 185 Å². The number of hydrogen-bond acceptors (Lipinski definition) is 14. The summed E-state index contributed by atoms with van der Waals surface area (Å²) in [5.74, 6) is -2.58. The Morgan fingerprint density at radius 3 is 2.07 bits per heavy atom. The maximum absolute atomic E-state index is 14.2. The van der Waals surface area contributed by atoms with E-state index in [1.165, 1.54) is 57.1 Å². The van der Waals surface area contributed by atoms with Crippen LogP contribution in [0.1, 0.15) is 94.9 Å². The van der Waals surface area contributed by atoms with E-state index in [4.69, 9.17) is 28.4 Å². The summed E-state index contributed by atoms with van der Waals surface area (Å²) in [5, 5.41) is 69.0. The molecule has 3 aliphatic heterocycles. The minimum Gasteiger partial charge on any atom is -0.459 e. The molecule has 0 saturated carbocycles. The second-order valence-electron chi connectivity index (χ2n) is 22.6. The predicted octanol–water partition coefficient (Wildman–Crippen LogP) is 7.64. The van der Waals surface area contributed by atoms with Gasteiger partial charge in [0, 0.05) is 38.1 Å². The van der Waals surface area contributed by atoms with Crippen molar-refractivity contribution in [3.05, 3.63) is 72.8 Å². The lowest BCUT2D eigenvalue weighted by atomic mass is 9.77. The zero-order chi connectivity index (χ0) is 52.8. The highest BCUT2D eigenvalue weighted by atomic mass is 16.7. The highest BCUT2D eigenvalue weighted by Crippen LogP contribution is 2.41. The maximum atomic E-state index is 14.2. The van der Waals surface area contributed by atoms with Gasteiger partial charge in [-0.15, -0.1) is 0 Å². The highest BCUT2D eigenvalue weighted by Gasteiger charge is 2.52. The standard InChI is InChI=1S/C38H72N2O12.C20H12/c1-15-27-38(10,46)31(42)24(6)40(13)19-20(2)17-36(8,45)33(52-35-29(41)26(39(11)12)16-21(3)48-35)22(4)30(23(5)34(44)50-27)51-28-18-37(9,47-14)32(43)25(7)49-28;1-2-7-17-15(4-1)12-16-9-8-13-5-3-6-14-10-11-18(17)20(16)19(13)14/h20-33,35,41-43,45-46H,15-19H2,1-14H3;1-12H/t20-,21-,22+,23-,24-,25+,26+,27-,28+,29-,30+,31-,32+,33-,35+,36-,37-,38-;/m1./s1. The molecule has 18 atom stereocenters. The lowest BCUT2D eigenvalue weighted by molar-refractivity contribution is -0.318. The third-order valence-corrected chi connectivity index (χ3v) is 16.6. The molecule has 0 amide bonds. The summed E-state index contributed by atoms with van der Waals surface area (Å²) in [6.07, 6.45) is -8.19. The Balaban J connectivity index is 0.000000308. The third-order valence-electron chi connectivity index (χ3n) is 16.6. The molecule has 5 N–H and O–H groups in total. The molecule has 14 heteroatoms. The van der Waals surface area contributed by atoms with Crippen molar-refractivity contribution in [3.8, 4) is 0 Å². The molecule has 0 bridgehead atoms. The first-order valence-electron chi connectivity index (χ1n) is 26.1. The van der Waals surface area contributed by atoms with Crippen LogP contribution in [0.3, 0.4) is 0 Å². The van der Waals surface area contributed by atoms with E-state index < -0.39 is 96.0 Å². The van der Waals surface area contributed by atoms with E-state index in [-0.39, 0.29) is 37.3 Å². The molecular weight excluding hydrogens is 917 g/mol. The number of rotatable bonds is 7. The molecule has 3 fully saturated rings. The molecule has 14 nitrogen and oxygen atoms in total. The lowest BCUT2D eigenvalue weighted by Crippen LogP contribution is -2.60. The molecule has 0 radical (unpaired) electrons. The third kappa shape index (κ3) is 11.3. The fourth-order valence-electron chi connectivity index (χ4n) is 12.2. The van der Waals surface area contributed by atoms with Gasteiger partial charge in [-0.05, 0) is 144 Å². The van der Waals surface area contributed by atoms with Gasteiger partial charge in [-0.2, -0.15) is 0 Å². The van der Waals surface area contributed by atoms with Crippen LogP contribution in [0.5, 0.6) is 0 Å². The number of hydrogen-bond donors (Lipinski definition) is 5. The largest absolute Gasteiger partial charge is 0.459 e. The number of esters is 1. The van der Waals surface area contributed by atoms with Gasteiger partial charge in [0.15, 0.2) is 12.6 Å². The molecule has 0 aliphatic carbocycles. The van der Waals surface area contributed by atoms with Gasteiger partial charge in [-0.3, -0.25) is 4.79 Å². The predicted molar refractivity (Wildman–Crippen MR) is 282 cm³/mol. The van der Waals surface area contributed by atoms with Gasteiger partial charge < -0.3 is 63.8 Å². The summed E-state index contributed by atoms with van der Waals surface area (Å²) in [7, 11) is 7.12. The first-order valence-corrected chi connectivity index (χ1v) is 26.1. The van der Waals surface area contributed by atoms with E-state index in [0.717, 1.165) is 0 Å². The Hall–Kier alpha value is -3.61. The van der Waals surface area contributed by atoms with Crippen LogP contribution < -0.4 is 0 Å². The smallest absolute Gasteiger partial charge is 0.311 e. The van der Waals surface area contributed by atoms with Crippen LogP contribution in [-0.2, 0) is 33.2 Å². The molecular formula is C58H84N2O12. The van der Waals surface area contributed by atoms with Crippen molar-refractivity contribution in [1.82, 2.24) is 9.80 Å². The molecule has 3 aliphatic rings. The van der Waals surface area contributed by atoms with Gasteiger partial charge in [0.2, 0.25) is 0 Å². The number of ether oxygens (including phenoxy) is 6. The first-order chi connectivity index (χ1) is 33.8. The van der Waals surface area contributed by atoms with E-state index in [1.807, 2.05) is 51.7 Å². The minimum absolute atomic E-state index is 0.133. The number of methoxy groups -OCH3 is 1.